The molecule has 0 saturated heterocycles. The van der Waals surface area contributed by atoms with Crippen LogP contribution in [0.1, 0.15) is 26.5 Å². The van der Waals surface area contributed by atoms with E-state index in [1.54, 1.807) is 25.2 Å². The third-order valence-electron chi connectivity index (χ3n) is 4.24. The number of nitrogens with one attached hydrogen (secondary N) is 1. The second-order valence-electron chi connectivity index (χ2n) is 6.24. The van der Waals surface area contributed by atoms with Crippen molar-refractivity contribution in [2.24, 2.45) is 0 Å². The second-order valence-corrected chi connectivity index (χ2v) is 6.68. The zero-order valence-corrected chi connectivity index (χ0v) is 16.2. The number of carbonyl (C=O) groups is 2. The molecule has 28 heavy (non-hydrogen) atoms. The maximum Gasteiger partial charge on any atom is 0.276 e. The monoisotopic (exact) mass is 393 g/mol. The van der Waals surface area contributed by atoms with Gasteiger partial charge >= 0.3 is 0 Å². The molecule has 0 unspecified atom stereocenters. The van der Waals surface area contributed by atoms with Gasteiger partial charge in [-0.15, -0.1) is 0 Å². The van der Waals surface area contributed by atoms with Gasteiger partial charge in [0.15, 0.2) is 0 Å². The lowest BCUT2D eigenvalue weighted by Crippen LogP contribution is -2.29. The Morgan fingerprint density at radius 2 is 1.68 bits per heavy atom. The van der Waals surface area contributed by atoms with Crippen molar-refractivity contribution in [2.45, 2.75) is 6.42 Å². The van der Waals surface area contributed by atoms with Gasteiger partial charge in [-0.3, -0.25) is 9.59 Å². The molecule has 0 saturated carbocycles. The van der Waals surface area contributed by atoms with Gasteiger partial charge in [0.1, 0.15) is 11.4 Å². The molecule has 2 aromatic carbocycles. The molecular formula is C22H20ClN3O2. The zero-order chi connectivity index (χ0) is 19.9. The Morgan fingerprint density at radius 1 is 0.964 bits per heavy atom. The van der Waals surface area contributed by atoms with E-state index in [9.17, 15) is 9.59 Å². The molecule has 0 fully saturated rings. The Kier molecular flexibility index (Phi) is 6.40. The zero-order valence-electron chi connectivity index (χ0n) is 15.4. The standard InChI is InChI=1S/C22H20ClN3O2/c1-26(18-9-3-2-4-10-18)22(28)20-12-6-11-19(25-20)21(27)24-14-13-16-7-5-8-17(23)15-16/h2-12,15H,13-14H2,1H3,(H,24,27). The lowest BCUT2D eigenvalue weighted by molar-refractivity contribution is 0.0948. The molecule has 1 heterocycles. The van der Waals surface area contributed by atoms with Crippen LogP contribution in [0.4, 0.5) is 5.69 Å². The van der Waals surface area contributed by atoms with E-state index in [2.05, 4.69) is 10.3 Å². The van der Waals surface area contributed by atoms with Gasteiger partial charge < -0.3 is 10.2 Å². The lowest BCUT2D eigenvalue weighted by atomic mass is 10.1. The first-order valence-corrected chi connectivity index (χ1v) is 9.25. The molecule has 3 rings (SSSR count). The van der Waals surface area contributed by atoms with Crippen molar-refractivity contribution in [1.82, 2.24) is 10.3 Å². The van der Waals surface area contributed by atoms with Crippen LogP contribution in [-0.4, -0.2) is 30.4 Å². The van der Waals surface area contributed by atoms with Crippen molar-refractivity contribution in [3.63, 3.8) is 0 Å². The summed E-state index contributed by atoms with van der Waals surface area (Å²) < 4.78 is 0. The number of hydrogen-bond donors (Lipinski definition) is 1. The fraction of sp³-hybridized carbons (Fsp3) is 0.136. The van der Waals surface area contributed by atoms with Gasteiger partial charge in [-0.2, -0.15) is 0 Å². The van der Waals surface area contributed by atoms with Gasteiger partial charge in [0.05, 0.1) is 0 Å². The molecule has 0 aliphatic heterocycles. The summed E-state index contributed by atoms with van der Waals surface area (Å²) in [4.78, 5) is 30.8. The molecule has 0 aliphatic rings. The molecular weight excluding hydrogens is 374 g/mol. The second kappa shape index (κ2) is 9.15. The highest BCUT2D eigenvalue weighted by Gasteiger charge is 2.16. The van der Waals surface area contributed by atoms with Crippen molar-refractivity contribution in [3.05, 3.63) is 94.8 Å². The summed E-state index contributed by atoms with van der Waals surface area (Å²) in [5, 5.41) is 3.49. The van der Waals surface area contributed by atoms with Gasteiger partial charge in [-0.25, -0.2) is 4.98 Å². The fourth-order valence-corrected chi connectivity index (χ4v) is 2.94. The predicted molar refractivity (Wildman–Crippen MR) is 111 cm³/mol. The minimum Gasteiger partial charge on any atom is -0.350 e. The summed E-state index contributed by atoms with van der Waals surface area (Å²) in [5.74, 6) is -0.598. The Morgan fingerprint density at radius 3 is 2.43 bits per heavy atom. The van der Waals surface area contributed by atoms with Crippen LogP contribution in [-0.2, 0) is 6.42 Å². The van der Waals surface area contributed by atoms with Gasteiger partial charge in [0, 0.05) is 24.3 Å². The highest BCUT2D eigenvalue weighted by Crippen LogP contribution is 2.14. The minimum absolute atomic E-state index is 0.207. The van der Waals surface area contributed by atoms with E-state index < -0.39 is 0 Å². The SMILES string of the molecule is CN(C(=O)c1cccc(C(=O)NCCc2cccc(Cl)c2)n1)c1ccccc1. The minimum atomic E-state index is -0.320. The lowest BCUT2D eigenvalue weighted by Gasteiger charge is -2.17. The highest BCUT2D eigenvalue weighted by molar-refractivity contribution is 6.30. The number of rotatable bonds is 6. The van der Waals surface area contributed by atoms with Gasteiger partial charge in [0.2, 0.25) is 0 Å². The van der Waals surface area contributed by atoms with Crippen molar-refractivity contribution < 1.29 is 9.59 Å². The van der Waals surface area contributed by atoms with Crippen LogP contribution in [0.2, 0.25) is 5.02 Å². The largest absolute Gasteiger partial charge is 0.350 e. The summed E-state index contributed by atoms with van der Waals surface area (Å²) >= 11 is 5.97. The first kappa shape index (κ1) is 19.6. The maximum absolute atomic E-state index is 12.7. The summed E-state index contributed by atoms with van der Waals surface area (Å²) in [7, 11) is 1.68. The summed E-state index contributed by atoms with van der Waals surface area (Å²) in [6, 6.07) is 21.6. The van der Waals surface area contributed by atoms with Gasteiger partial charge in [-0.05, 0) is 48.4 Å². The van der Waals surface area contributed by atoms with Crippen LogP contribution >= 0.6 is 11.6 Å². The smallest absolute Gasteiger partial charge is 0.276 e. The summed E-state index contributed by atoms with van der Waals surface area (Å²) in [5.41, 5.74) is 2.21. The number of halogens is 1. The molecule has 0 atom stereocenters. The molecule has 6 heteroatoms. The molecule has 0 radical (unpaired) electrons. The number of anilines is 1. The molecule has 0 bridgehead atoms. The number of aromatic nitrogens is 1. The van der Waals surface area contributed by atoms with Crippen LogP contribution in [0.15, 0.2) is 72.8 Å². The topological polar surface area (TPSA) is 62.3 Å². The Balaban J connectivity index is 1.63. The van der Waals surface area contributed by atoms with Crippen molar-refractivity contribution in [3.8, 4) is 0 Å². The molecule has 3 aromatic rings. The first-order chi connectivity index (χ1) is 13.5. The highest BCUT2D eigenvalue weighted by atomic mass is 35.5. The fourth-order valence-electron chi connectivity index (χ4n) is 2.72. The average molecular weight is 394 g/mol. The molecule has 5 nitrogen and oxygen atoms in total. The summed E-state index contributed by atoms with van der Waals surface area (Å²) in [6.45, 7) is 0.447. The number of benzene rings is 2. The number of para-hydroxylation sites is 1. The predicted octanol–water partition coefficient (Wildman–Crippen LogP) is 3.98. The van der Waals surface area contributed by atoms with Crippen molar-refractivity contribution in [1.29, 1.82) is 0 Å². The van der Waals surface area contributed by atoms with Crippen molar-refractivity contribution in [2.75, 3.05) is 18.5 Å². The van der Waals surface area contributed by atoms with E-state index >= 15 is 0 Å². The van der Waals surface area contributed by atoms with E-state index in [1.165, 1.54) is 4.90 Å². The third kappa shape index (κ3) is 4.96. The van der Waals surface area contributed by atoms with Crippen LogP contribution in [0, 0.1) is 0 Å². The van der Waals surface area contributed by atoms with E-state index in [0.717, 1.165) is 11.3 Å². The Labute approximate surface area is 169 Å². The molecule has 1 aromatic heterocycles. The number of amides is 2. The maximum atomic E-state index is 12.7. The van der Waals surface area contributed by atoms with Crippen LogP contribution < -0.4 is 10.2 Å². The summed E-state index contributed by atoms with van der Waals surface area (Å²) in [6.07, 6.45) is 0.654. The molecule has 2 amide bonds. The normalized spacial score (nSPS) is 10.4. The van der Waals surface area contributed by atoms with E-state index in [1.807, 2.05) is 54.6 Å². The molecule has 0 aliphatic carbocycles. The van der Waals surface area contributed by atoms with E-state index in [0.29, 0.717) is 18.0 Å². The van der Waals surface area contributed by atoms with Crippen LogP contribution in [0.5, 0.6) is 0 Å². The average Bonchev–Trinajstić information content (AvgIpc) is 2.73. The Bertz CT molecular complexity index is 976. The van der Waals surface area contributed by atoms with Gasteiger partial charge in [-0.1, -0.05) is 48.0 Å². The number of pyridine rings is 1. The van der Waals surface area contributed by atoms with Crippen LogP contribution in [0.25, 0.3) is 0 Å². The number of hydrogen-bond acceptors (Lipinski definition) is 3. The van der Waals surface area contributed by atoms with E-state index in [4.69, 9.17) is 11.6 Å². The van der Waals surface area contributed by atoms with Crippen LogP contribution in [0.3, 0.4) is 0 Å². The van der Waals surface area contributed by atoms with Gasteiger partial charge in [0.25, 0.3) is 11.8 Å². The van der Waals surface area contributed by atoms with Crippen molar-refractivity contribution >= 4 is 29.1 Å². The first-order valence-electron chi connectivity index (χ1n) is 8.87. The molecule has 142 valence electrons. The third-order valence-corrected chi connectivity index (χ3v) is 4.47. The number of nitrogens with zero attached hydrogens (tertiary/aromatic N) is 2. The molecule has 1 N–H and O–H groups in total. The van der Waals surface area contributed by atoms with E-state index in [-0.39, 0.29) is 23.2 Å². The molecule has 0 spiro atoms. The Hall–Kier alpha value is -3.18. The number of carbonyl (C=O) groups excluding carboxylic acids is 2. The quantitative estimate of drug-likeness (QED) is 0.688.